The van der Waals surface area contributed by atoms with Crippen molar-refractivity contribution in [3.8, 4) is 0 Å². The van der Waals surface area contributed by atoms with Gasteiger partial charge in [0.2, 0.25) is 5.95 Å². The topological polar surface area (TPSA) is 95.0 Å². The number of aliphatic imine (C=N–C) groups is 1. The van der Waals surface area contributed by atoms with E-state index in [-0.39, 0.29) is 30.0 Å². The van der Waals surface area contributed by atoms with Gasteiger partial charge in [-0.15, -0.1) is 0 Å². The third kappa shape index (κ3) is 5.02. The molecular formula is C28H28FN7O2. The van der Waals surface area contributed by atoms with Gasteiger partial charge in [-0.3, -0.25) is 4.90 Å². The van der Waals surface area contributed by atoms with Crippen LogP contribution in [-0.2, 0) is 11.3 Å². The second-order valence-corrected chi connectivity index (χ2v) is 9.52. The number of ether oxygens (including phenoxy) is 1. The van der Waals surface area contributed by atoms with E-state index in [0.29, 0.717) is 31.6 Å². The smallest absolute Gasteiger partial charge is 0.317 e. The first-order valence-corrected chi connectivity index (χ1v) is 12.8. The number of hydrogen-bond acceptors (Lipinski definition) is 7. The van der Waals surface area contributed by atoms with Crippen LogP contribution in [0.4, 0.5) is 15.1 Å². The number of anilines is 1. The normalized spacial score (nSPS) is 20.6. The first kappa shape index (κ1) is 23.9. The highest BCUT2D eigenvalue weighted by molar-refractivity contribution is 5.80. The summed E-state index contributed by atoms with van der Waals surface area (Å²) in [6, 6.07) is 18.2. The van der Waals surface area contributed by atoms with Gasteiger partial charge in [0.25, 0.3) is 6.02 Å². The maximum Gasteiger partial charge on any atom is 0.317 e. The Morgan fingerprint density at radius 3 is 2.63 bits per heavy atom. The maximum absolute atomic E-state index is 13.5. The Morgan fingerprint density at radius 1 is 1.05 bits per heavy atom. The first-order chi connectivity index (χ1) is 18.6. The molecule has 2 N–H and O–H groups in total. The van der Waals surface area contributed by atoms with Gasteiger partial charge < -0.3 is 20.3 Å². The minimum Gasteiger partial charge on any atom is -0.432 e. The second-order valence-electron chi connectivity index (χ2n) is 9.52. The molecule has 10 heteroatoms. The summed E-state index contributed by atoms with van der Waals surface area (Å²) in [6.07, 6.45) is 6.75. The number of benzene rings is 2. The number of piperidine rings is 1. The van der Waals surface area contributed by atoms with Crippen molar-refractivity contribution in [1.82, 2.24) is 25.1 Å². The number of fused-ring (bicyclic) bond motifs is 1. The van der Waals surface area contributed by atoms with Gasteiger partial charge in [0, 0.05) is 38.1 Å². The van der Waals surface area contributed by atoms with Crippen LogP contribution in [0.25, 0.3) is 0 Å². The molecule has 2 amide bonds. The van der Waals surface area contributed by atoms with Crippen LogP contribution < -0.4 is 10.6 Å². The van der Waals surface area contributed by atoms with E-state index >= 15 is 0 Å². The standard InChI is InChI=1S/C28H28FN7O2/c29-21-8-6-20(7-9-21)24-25(36-16-17-38-28(36)34-24)23-10-13-30-26(33-23)32-22-11-14-35(15-12-22)27(37)31-18-19-4-2-1-3-5-19/h1-10,13,16-17,22,24-25H,11-12,14-15,18H2,(H,31,37)(H,30,32,33). The Labute approximate surface area is 220 Å². The van der Waals surface area contributed by atoms with E-state index < -0.39 is 0 Å². The Hall–Kier alpha value is -4.47. The minimum atomic E-state index is -0.295. The molecule has 3 aliphatic heterocycles. The summed E-state index contributed by atoms with van der Waals surface area (Å²) in [7, 11) is 0. The lowest BCUT2D eigenvalue weighted by Gasteiger charge is -2.32. The van der Waals surface area contributed by atoms with Gasteiger partial charge in [-0.25, -0.2) is 24.1 Å². The van der Waals surface area contributed by atoms with E-state index in [9.17, 15) is 9.18 Å². The number of amidine groups is 1. The van der Waals surface area contributed by atoms with E-state index in [2.05, 4.69) is 15.6 Å². The summed E-state index contributed by atoms with van der Waals surface area (Å²) in [5, 5.41) is 6.45. The van der Waals surface area contributed by atoms with Gasteiger partial charge >= 0.3 is 6.03 Å². The van der Waals surface area contributed by atoms with Crippen molar-refractivity contribution in [2.75, 3.05) is 18.4 Å². The number of aromatic nitrogens is 2. The number of rotatable bonds is 6. The molecule has 0 aliphatic carbocycles. The van der Waals surface area contributed by atoms with Gasteiger partial charge in [-0.2, -0.15) is 0 Å². The molecule has 3 aromatic rings. The molecular weight excluding hydrogens is 485 g/mol. The van der Waals surface area contributed by atoms with Crippen molar-refractivity contribution in [2.45, 2.75) is 37.5 Å². The average Bonchev–Trinajstić information content (AvgIpc) is 3.55. The summed E-state index contributed by atoms with van der Waals surface area (Å²) >= 11 is 0. The molecule has 2 unspecified atom stereocenters. The molecule has 38 heavy (non-hydrogen) atoms. The fourth-order valence-corrected chi connectivity index (χ4v) is 5.05. The summed E-state index contributed by atoms with van der Waals surface area (Å²) in [6.45, 7) is 1.82. The summed E-state index contributed by atoms with van der Waals surface area (Å²) in [4.78, 5) is 30.4. The number of hydrogen-bond donors (Lipinski definition) is 2. The molecule has 0 bridgehead atoms. The van der Waals surface area contributed by atoms with E-state index in [1.807, 2.05) is 52.4 Å². The monoisotopic (exact) mass is 513 g/mol. The Kier molecular flexibility index (Phi) is 6.60. The van der Waals surface area contributed by atoms with Gasteiger partial charge in [-0.05, 0) is 42.2 Å². The highest BCUT2D eigenvalue weighted by Gasteiger charge is 2.41. The zero-order valence-corrected chi connectivity index (χ0v) is 20.7. The van der Waals surface area contributed by atoms with E-state index in [0.717, 1.165) is 29.7 Å². The van der Waals surface area contributed by atoms with Gasteiger partial charge in [0.15, 0.2) is 0 Å². The average molecular weight is 514 g/mol. The fraction of sp³-hybridized carbons (Fsp3) is 0.286. The summed E-state index contributed by atoms with van der Waals surface area (Å²) in [5.74, 6) is 0.241. The van der Waals surface area contributed by atoms with Crippen LogP contribution in [0, 0.1) is 5.82 Å². The van der Waals surface area contributed by atoms with Crippen LogP contribution in [0.15, 0.2) is 84.3 Å². The predicted molar refractivity (Wildman–Crippen MR) is 140 cm³/mol. The number of carbonyl (C=O) groups is 1. The quantitative estimate of drug-likeness (QED) is 0.509. The van der Waals surface area contributed by atoms with Crippen molar-refractivity contribution in [3.63, 3.8) is 0 Å². The van der Waals surface area contributed by atoms with Crippen molar-refractivity contribution >= 4 is 18.0 Å². The Bertz CT molecular complexity index is 1340. The highest BCUT2D eigenvalue weighted by atomic mass is 19.1. The van der Waals surface area contributed by atoms with Crippen LogP contribution in [0.1, 0.15) is 41.7 Å². The molecule has 194 valence electrons. The van der Waals surface area contributed by atoms with E-state index in [4.69, 9.17) is 14.7 Å². The Morgan fingerprint density at radius 2 is 1.84 bits per heavy atom. The Balaban J connectivity index is 1.09. The van der Waals surface area contributed by atoms with Gasteiger partial charge in [0.1, 0.15) is 24.2 Å². The largest absolute Gasteiger partial charge is 0.432 e. The highest BCUT2D eigenvalue weighted by Crippen LogP contribution is 2.43. The molecule has 1 fully saturated rings. The van der Waals surface area contributed by atoms with Crippen LogP contribution in [0.5, 0.6) is 0 Å². The van der Waals surface area contributed by atoms with Crippen LogP contribution in [-0.4, -0.2) is 51.0 Å². The van der Waals surface area contributed by atoms with E-state index in [1.165, 1.54) is 12.1 Å². The number of urea groups is 1. The van der Waals surface area contributed by atoms with E-state index in [1.54, 1.807) is 24.6 Å². The second kappa shape index (κ2) is 10.5. The van der Waals surface area contributed by atoms with Crippen LogP contribution >= 0.6 is 0 Å². The van der Waals surface area contributed by atoms with Gasteiger partial charge in [0.05, 0.1) is 5.69 Å². The SMILES string of the molecule is O=C(NCc1ccccc1)N1CCC(Nc2nccc(C3C(c4ccc(F)cc4)N=C4OC=CN43)n2)CC1. The fourth-order valence-electron chi connectivity index (χ4n) is 5.05. The third-order valence-electron chi connectivity index (χ3n) is 7.06. The molecule has 1 aromatic heterocycles. The molecule has 0 spiro atoms. The molecule has 3 aliphatic rings. The lowest BCUT2D eigenvalue weighted by Crippen LogP contribution is -2.46. The zero-order chi connectivity index (χ0) is 25.9. The van der Waals surface area contributed by atoms with Crippen molar-refractivity contribution in [3.05, 3.63) is 102 Å². The number of carbonyl (C=O) groups excluding carboxylic acids is 1. The minimum absolute atomic E-state index is 0.0460. The summed E-state index contributed by atoms with van der Waals surface area (Å²) in [5.41, 5.74) is 2.73. The molecule has 1 saturated heterocycles. The number of likely N-dealkylation sites (tertiary alicyclic amines) is 1. The summed E-state index contributed by atoms with van der Waals surface area (Å²) < 4.78 is 19.1. The molecule has 2 atom stereocenters. The molecule has 4 heterocycles. The van der Waals surface area contributed by atoms with Crippen LogP contribution in [0.3, 0.4) is 0 Å². The maximum atomic E-state index is 13.5. The predicted octanol–water partition coefficient (Wildman–Crippen LogP) is 4.36. The lowest BCUT2D eigenvalue weighted by atomic mass is 9.97. The number of nitrogens with one attached hydrogen (secondary N) is 2. The van der Waals surface area contributed by atoms with Crippen molar-refractivity contribution < 1.29 is 13.9 Å². The number of halogens is 1. The molecule has 0 radical (unpaired) electrons. The molecule has 2 aromatic carbocycles. The molecule has 0 saturated carbocycles. The third-order valence-corrected chi connectivity index (χ3v) is 7.06. The number of nitrogens with zero attached hydrogens (tertiary/aromatic N) is 5. The molecule has 6 rings (SSSR count). The van der Waals surface area contributed by atoms with Crippen LogP contribution in [0.2, 0.25) is 0 Å². The van der Waals surface area contributed by atoms with Gasteiger partial charge in [-0.1, -0.05) is 42.5 Å². The van der Waals surface area contributed by atoms with Crippen molar-refractivity contribution in [2.24, 2.45) is 4.99 Å². The zero-order valence-electron chi connectivity index (χ0n) is 20.7. The lowest BCUT2D eigenvalue weighted by molar-refractivity contribution is 0.183. The van der Waals surface area contributed by atoms with Crippen molar-refractivity contribution in [1.29, 1.82) is 0 Å². The first-order valence-electron chi connectivity index (χ1n) is 12.8. The molecule has 9 nitrogen and oxygen atoms in total. The number of amides is 2.